The quantitative estimate of drug-likeness (QED) is 0.650. The highest BCUT2D eigenvalue weighted by atomic mass is 35.5. The molecular formula is C14H14Cl2N2. The van der Waals surface area contributed by atoms with Crippen LogP contribution in [0.2, 0.25) is 5.02 Å². The molecule has 0 aliphatic rings. The van der Waals surface area contributed by atoms with Crippen LogP contribution in [0.1, 0.15) is 5.56 Å². The molecule has 0 aromatic heterocycles. The van der Waals surface area contributed by atoms with Gasteiger partial charge in [0.15, 0.2) is 0 Å². The summed E-state index contributed by atoms with van der Waals surface area (Å²) in [7, 11) is 0. The van der Waals surface area contributed by atoms with Crippen LogP contribution in [-0.2, 0) is 6.42 Å². The average Bonchev–Trinajstić information content (AvgIpc) is 2.30. The number of rotatable bonds is 3. The Hall–Kier alpha value is -1.51. The van der Waals surface area contributed by atoms with Crippen molar-refractivity contribution in [1.29, 1.82) is 5.41 Å². The number of amidine groups is 1. The molecule has 94 valence electrons. The molecule has 18 heavy (non-hydrogen) atoms. The van der Waals surface area contributed by atoms with E-state index < -0.39 is 0 Å². The van der Waals surface area contributed by atoms with Crippen LogP contribution in [0.5, 0.6) is 0 Å². The van der Waals surface area contributed by atoms with E-state index in [9.17, 15) is 0 Å². The molecule has 0 atom stereocenters. The summed E-state index contributed by atoms with van der Waals surface area (Å²) in [6, 6.07) is 15.6. The molecule has 0 saturated carbocycles. The molecule has 0 radical (unpaired) electrons. The minimum absolute atomic E-state index is 0. The highest BCUT2D eigenvalue weighted by Crippen LogP contribution is 2.30. The molecule has 0 saturated heterocycles. The number of halogens is 2. The number of hydrogen-bond donors (Lipinski definition) is 2. The Morgan fingerprint density at radius 2 is 1.56 bits per heavy atom. The predicted molar refractivity (Wildman–Crippen MR) is 79.8 cm³/mol. The summed E-state index contributed by atoms with van der Waals surface area (Å²) < 4.78 is 0. The van der Waals surface area contributed by atoms with Gasteiger partial charge >= 0.3 is 0 Å². The number of nitrogens with one attached hydrogen (secondary N) is 1. The van der Waals surface area contributed by atoms with E-state index in [-0.39, 0.29) is 18.2 Å². The highest BCUT2D eigenvalue weighted by molar-refractivity contribution is 6.33. The third-order valence-electron chi connectivity index (χ3n) is 2.56. The maximum Gasteiger partial charge on any atom is 0.0950 e. The van der Waals surface area contributed by atoms with E-state index in [4.69, 9.17) is 22.7 Å². The van der Waals surface area contributed by atoms with Gasteiger partial charge in [-0.1, -0.05) is 54.1 Å². The fourth-order valence-electron chi connectivity index (χ4n) is 1.82. The molecule has 2 rings (SSSR count). The lowest BCUT2D eigenvalue weighted by Gasteiger charge is -2.10. The fourth-order valence-corrected chi connectivity index (χ4v) is 2.06. The van der Waals surface area contributed by atoms with E-state index in [1.165, 1.54) is 0 Å². The van der Waals surface area contributed by atoms with Gasteiger partial charge in [-0.25, -0.2) is 0 Å². The summed E-state index contributed by atoms with van der Waals surface area (Å²) in [6.07, 6.45) is 0.446. The molecule has 4 heteroatoms. The van der Waals surface area contributed by atoms with Crippen LogP contribution >= 0.6 is 24.0 Å². The predicted octanol–water partition coefficient (Wildman–Crippen LogP) is 3.91. The largest absolute Gasteiger partial charge is 0.387 e. The zero-order valence-electron chi connectivity index (χ0n) is 9.69. The van der Waals surface area contributed by atoms with Crippen LogP contribution in [0.15, 0.2) is 48.5 Å². The third-order valence-corrected chi connectivity index (χ3v) is 2.89. The second-order valence-corrected chi connectivity index (χ2v) is 4.25. The molecule has 0 amide bonds. The number of nitrogens with two attached hydrogens (primary N) is 1. The second kappa shape index (κ2) is 6.43. The smallest absolute Gasteiger partial charge is 0.0950 e. The summed E-state index contributed by atoms with van der Waals surface area (Å²) in [4.78, 5) is 0. The van der Waals surface area contributed by atoms with Crippen LogP contribution in [-0.4, -0.2) is 5.84 Å². The third kappa shape index (κ3) is 3.25. The fraction of sp³-hybridized carbons (Fsp3) is 0.0714. The lowest BCUT2D eigenvalue weighted by molar-refractivity contribution is 1.25. The van der Waals surface area contributed by atoms with E-state index >= 15 is 0 Å². The monoisotopic (exact) mass is 280 g/mol. The van der Waals surface area contributed by atoms with Crippen molar-refractivity contribution in [3.05, 3.63) is 59.1 Å². The Balaban J connectivity index is 0.00000162. The molecular weight excluding hydrogens is 267 g/mol. The molecule has 0 bridgehead atoms. The van der Waals surface area contributed by atoms with Gasteiger partial charge in [0, 0.05) is 17.0 Å². The van der Waals surface area contributed by atoms with Crippen molar-refractivity contribution < 1.29 is 0 Å². The minimum atomic E-state index is 0. The molecule has 0 aliphatic heterocycles. The molecule has 2 aromatic carbocycles. The Labute approximate surface area is 118 Å². The normalized spacial score (nSPS) is 9.61. The molecule has 3 N–H and O–H groups in total. The van der Waals surface area contributed by atoms with Gasteiger partial charge in [0.25, 0.3) is 0 Å². The van der Waals surface area contributed by atoms with E-state index in [0.29, 0.717) is 11.4 Å². The highest BCUT2D eigenvalue weighted by Gasteiger charge is 2.08. The van der Waals surface area contributed by atoms with Crippen molar-refractivity contribution in [2.75, 3.05) is 0 Å². The van der Waals surface area contributed by atoms with E-state index in [2.05, 4.69) is 0 Å². The summed E-state index contributed by atoms with van der Waals surface area (Å²) in [6.45, 7) is 0. The van der Waals surface area contributed by atoms with Gasteiger partial charge in [0.05, 0.1) is 5.84 Å². The molecule has 2 nitrogen and oxygen atoms in total. The van der Waals surface area contributed by atoms with Crippen LogP contribution in [0.25, 0.3) is 11.1 Å². The average molecular weight is 281 g/mol. The van der Waals surface area contributed by atoms with Crippen molar-refractivity contribution in [3.63, 3.8) is 0 Å². The molecule has 0 heterocycles. The Bertz CT molecular complexity index is 553. The van der Waals surface area contributed by atoms with Crippen molar-refractivity contribution in [1.82, 2.24) is 0 Å². The molecule has 0 spiro atoms. The van der Waals surface area contributed by atoms with Crippen molar-refractivity contribution in [3.8, 4) is 11.1 Å². The first-order valence-electron chi connectivity index (χ1n) is 5.34. The van der Waals surface area contributed by atoms with Crippen LogP contribution in [0, 0.1) is 5.41 Å². The number of hydrogen-bond acceptors (Lipinski definition) is 1. The van der Waals surface area contributed by atoms with E-state index in [0.717, 1.165) is 16.7 Å². The van der Waals surface area contributed by atoms with E-state index in [1.807, 2.05) is 48.5 Å². The standard InChI is InChI=1S/C14H13ClN2.ClH/c15-13-8-4-3-7-12(13)11-6-2-1-5-10(11)9-14(16)17;/h1-8H,9H2,(H3,16,17);1H. The first-order chi connectivity index (χ1) is 8.18. The van der Waals surface area contributed by atoms with E-state index in [1.54, 1.807) is 0 Å². The Kier molecular flexibility index (Phi) is 5.20. The minimum Gasteiger partial charge on any atom is -0.387 e. The SMILES string of the molecule is Cl.N=C(N)Cc1ccccc1-c1ccccc1Cl. The van der Waals surface area contributed by atoms with Crippen LogP contribution in [0.3, 0.4) is 0 Å². The van der Waals surface area contributed by atoms with Gasteiger partial charge in [0.1, 0.15) is 0 Å². The molecule has 0 aliphatic carbocycles. The molecule has 0 unspecified atom stereocenters. The summed E-state index contributed by atoms with van der Waals surface area (Å²) in [5.74, 6) is 0.157. The van der Waals surface area contributed by atoms with Gasteiger partial charge in [-0.05, 0) is 17.2 Å². The van der Waals surface area contributed by atoms with Crippen LogP contribution in [0.4, 0.5) is 0 Å². The Morgan fingerprint density at radius 1 is 1.00 bits per heavy atom. The molecule has 0 fully saturated rings. The summed E-state index contributed by atoms with van der Waals surface area (Å²) in [5.41, 5.74) is 8.49. The van der Waals surface area contributed by atoms with Gasteiger partial charge in [0.2, 0.25) is 0 Å². The molecule has 2 aromatic rings. The van der Waals surface area contributed by atoms with Crippen molar-refractivity contribution in [2.24, 2.45) is 5.73 Å². The first-order valence-corrected chi connectivity index (χ1v) is 5.72. The van der Waals surface area contributed by atoms with Gasteiger partial charge in [-0.3, -0.25) is 5.41 Å². The topological polar surface area (TPSA) is 49.9 Å². The first kappa shape index (κ1) is 14.6. The zero-order chi connectivity index (χ0) is 12.3. The maximum absolute atomic E-state index is 7.39. The van der Waals surface area contributed by atoms with Gasteiger partial charge in [-0.2, -0.15) is 0 Å². The lowest BCUT2D eigenvalue weighted by atomic mass is 9.97. The lowest BCUT2D eigenvalue weighted by Crippen LogP contribution is -2.13. The Morgan fingerprint density at radius 3 is 2.17 bits per heavy atom. The van der Waals surface area contributed by atoms with Crippen molar-refractivity contribution in [2.45, 2.75) is 6.42 Å². The number of benzene rings is 2. The second-order valence-electron chi connectivity index (χ2n) is 3.84. The maximum atomic E-state index is 7.39. The summed E-state index contributed by atoms with van der Waals surface area (Å²) >= 11 is 6.18. The van der Waals surface area contributed by atoms with Gasteiger partial charge in [-0.15, -0.1) is 12.4 Å². The summed E-state index contributed by atoms with van der Waals surface area (Å²) in [5, 5.41) is 8.10. The van der Waals surface area contributed by atoms with Crippen molar-refractivity contribution >= 4 is 29.8 Å². The van der Waals surface area contributed by atoms with Crippen LogP contribution < -0.4 is 5.73 Å². The zero-order valence-corrected chi connectivity index (χ0v) is 11.3. The van der Waals surface area contributed by atoms with Gasteiger partial charge < -0.3 is 5.73 Å².